The van der Waals surface area contributed by atoms with E-state index in [1.54, 1.807) is 6.20 Å². The molecule has 18 heavy (non-hydrogen) atoms. The van der Waals surface area contributed by atoms with Gasteiger partial charge in [-0.1, -0.05) is 0 Å². The zero-order valence-electron chi connectivity index (χ0n) is 10.8. The van der Waals surface area contributed by atoms with E-state index in [0.29, 0.717) is 5.95 Å². The van der Waals surface area contributed by atoms with Crippen molar-refractivity contribution in [3.05, 3.63) is 10.7 Å². The standard InChI is InChI=1S/C11H19BrN6/c1-3-13-11-14-8-9(12)10(15-11)16-18-6-4-17(2)5-7-18/h8H,3-7H2,1-2H3,(H2,13,14,15,16). The predicted molar refractivity (Wildman–Crippen MR) is 76.6 cm³/mol. The van der Waals surface area contributed by atoms with Crippen LogP contribution in [0.5, 0.6) is 0 Å². The monoisotopic (exact) mass is 314 g/mol. The Morgan fingerprint density at radius 1 is 1.33 bits per heavy atom. The first-order valence-electron chi connectivity index (χ1n) is 6.15. The molecule has 0 radical (unpaired) electrons. The fourth-order valence-corrected chi connectivity index (χ4v) is 2.04. The van der Waals surface area contributed by atoms with Crippen LogP contribution in [0.2, 0.25) is 0 Å². The van der Waals surface area contributed by atoms with Crippen LogP contribution in [0, 0.1) is 0 Å². The van der Waals surface area contributed by atoms with Gasteiger partial charge >= 0.3 is 0 Å². The predicted octanol–water partition coefficient (Wildman–Crippen LogP) is 1.25. The number of anilines is 2. The molecule has 1 aromatic rings. The topological polar surface area (TPSA) is 56.3 Å². The van der Waals surface area contributed by atoms with E-state index in [1.807, 2.05) is 6.92 Å². The minimum Gasteiger partial charge on any atom is -0.354 e. The van der Waals surface area contributed by atoms with Crippen LogP contribution in [0.15, 0.2) is 10.7 Å². The highest BCUT2D eigenvalue weighted by Gasteiger charge is 2.15. The van der Waals surface area contributed by atoms with Gasteiger partial charge in [-0.2, -0.15) is 4.98 Å². The summed E-state index contributed by atoms with van der Waals surface area (Å²) in [5.74, 6) is 1.46. The second kappa shape index (κ2) is 6.31. The highest BCUT2D eigenvalue weighted by atomic mass is 79.9. The van der Waals surface area contributed by atoms with Gasteiger partial charge in [0.25, 0.3) is 0 Å². The molecular weight excluding hydrogens is 296 g/mol. The quantitative estimate of drug-likeness (QED) is 0.872. The van der Waals surface area contributed by atoms with Crippen LogP contribution < -0.4 is 10.7 Å². The van der Waals surface area contributed by atoms with Crippen molar-refractivity contribution in [2.75, 3.05) is 50.5 Å². The van der Waals surface area contributed by atoms with E-state index >= 15 is 0 Å². The van der Waals surface area contributed by atoms with Gasteiger partial charge in [0.1, 0.15) is 0 Å². The lowest BCUT2D eigenvalue weighted by Crippen LogP contribution is -2.47. The van der Waals surface area contributed by atoms with Crippen LogP contribution in [-0.2, 0) is 0 Å². The Balaban J connectivity index is 2.01. The first-order valence-corrected chi connectivity index (χ1v) is 6.95. The van der Waals surface area contributed by atoms with Gasteiger partial charge in [0.05, 0.1) is 4.47 Å². The van der Waals surface area contributed by atoms with E-state index < -0.39 is 0 Å². The Kier molecular flexibility index (Phi) is 4.73. The summed E-state index contributed by atoms with van der Waals surface area (Å²) >= 11 is 3.47. The molecule has 0 unspecified atom stereocenters. The third-order valence-electron chi connectivity index (χ3n) is 2.85. The highest BCUT2D eigenvalue weighted by Crippen LogP contribution is 2.20. The van der Waals surface area contributed by atoms with E-state index in [-0.39, 0.29) is 0 Å². The molecule has 0 saturated carbocycles. The number of hydrazine groups is 1. The number of halogens is 1. The molecule has 0 amide bonds. The van der Waals surface area contributed by atoms with Gasteiger partial charge in [0.2, 0.25) is 5.95 Å². The molecule has 0 aliphatic carbocycles. The second-order valence-electron chi connectivity index (χ2n) is 4.32. The Labute approximate surface area is 116 Å². The largest absolute Gasteiger partial charge is 0.354 e. The zero-order valence-corrected chi connectivity index (χ0v) is 12.4. The van der Waals surface area contributed by atoms with Crippen molar-refractivity contribution in [1.82, 2.24) is 19.9 Å². The van der Waals surface area contributed by atoms with Crippen molar-refractivity contribution in [1.29, 1.82) is 0 Å². The van der Waals surface area contributed by atoms with Crippen LogP contribution in [0.3, 0.4) is 0 Å². The molecule has 2 heterocycles. The van der Waals surface area contributed by atoms with E-state index in [9.17, 15) is 0 Å². The molecule has 2 N–H and O–H groups in total. The highest BCUT2D eigenvalue weighted by molar-refractivity contribution is 9.10. The van der Waals surface area contributed by atoms with Gasteiger partial charge in [0.15, 0.2) is 5.82 Å². The van der Waals surface area contributed by atoms with Gasteiger partial charge in [-0.15, -0.1) is 0 Å². The summed E-state index contributed by atoms with van der Waals surface area (Å²) in [6, 6.07) is 0. The lowest BCUT2D eigenvalue weighted by Gasteiger charge is -2.32. The molecule has 2 rings (SSSR count). The minimum atomic E-state index is 0.650. The molecule has 0 bridgehead atoms. The van der Waals surface area contributed by atoms with Crippen LogP contribution in [0.25, 0.3) is 0 Å². The summed E-state index contributed by atoms with van der Waals surface area (Å²) in [5, 5.41) is 5.29. The van der Waals surface area contributed by atoms with Crippen molar-refractivity contribution in [2.45, 2.75) is 6.92 Å². The lowest BCUT2D eigenvalue weighted by atomic mass is 10.4. The molecule has 7 heteroatoms. The van der Waals surface area contributed by atoms with Crippen molar-refractivity contribution >= 4 is 27.7 Å². The number of nitrogens with zero attached hydrogens (tertiary/aromatic N) is 4. The SMILES string of the molecule is CCNc1ncc(Br)c(NN2CCN(C)CC2)n1. The molecular formula is C11H19BrN6. The molecule has 1 fully saturated rings. The molecule has 1 saturated heterocycles. The Bertz CT molecular complexity index is 391. The Morgan fingerprint density at radius 3 is 2.72 bits per heavy atom. The average molecular weight is 315 g/mol. The number of rotatable bonds is 4. The molecule has 0 spiro atoms. The maximum Gasteiger partial charge on any atom is 0.224 e. The number of hydrogen-bond donors (Lipinski definition) is 2. The van der Waals surface area contributed by atoms with Crippen molar-refractivity contribution in [3.8, 4) is 0 Å². The summed E-state index contributed by atoms with van der Waals surface area (Å²) in [5.41, 5.74) is 3.34. The zero-order chi connectivity index (χ0) is 13.0. The molecule has 1 aromatic heterocycles. The lowest BCUT2D eigenvalue weighted by molar-refractivity contribution is 0.178. The van der Waals surface area contributed by atoms with E-state index in [0.717, 1.165) is 43.0 Å². The third-order valence-corrected chi connectivity index (χ3v) is 3.43. The average Bonchev–Trinajstić information content (AvgIpc) is 2.36. The summed E-state index contributed by atoms with van der Waals surface area (Å²) in [4.78, 5) is 11.0. The van der Waals surface area contributed by atoms with E-state index in [1.165, 1.54) is 0 Å². The minimum absolute atomic E-state index is 0.650. The normalized spacial score (nSPS) is 17.7. The number of aromatic nitrogens is 2. The molecule has 6 nitrogen and oxygen atoms in total. The fourth-order valence-electron chi connectivity index (χ4n) is 1.76. The fraction of sp³-hybridized carbons (Fsp3) is 0.636. The van der Waals surface area contributed by atoms with Crippen LogP contribution in [-0.4, -0.2) is 59.6 Å². The summed E-state index contributed by atoms with van der Waals surface area (Å²) in [6.07, 6.45) is 1.77. The number of likely N-dealkylation sites (N-methyl/N-ethyl adjacent to an activating group) is 1. The molecule has 1 aliphatic heterocycles. The van der Waals surface area contributed by atoms with E-state index in [4.69, 9.17) is 0 Å². The maximum atomic E-state index is 4.44. The summed E-state index contributed by atoms with van der Waals surface area (Å²) in [6.45, 7) is 6.95. The van der Waals surface area contributed by atoms with Crippen molar-refractivity contribution < 1.29 is 0 Å². The Hall–Kier alpha value is -0.920. The van der Waals surface area contributed by atoms with Crippen LogP contribution >= 0.6 is 15.9 Å². The van der Waals surface area contributed by atoms with Gasteiger partial charge in [0, 0.05) is 38.9 Å². The summed E-state index contributed by atoms with van der Waals surface area (Å²) in [7, 11) is 2.14. The van der Waals surface area contributed by atoms with Crippen molar-refractivity contribution in [2.24, 2.45) is 0 Å². The number of nitrogens with one attached hydrogen (secondary N) is 2. The third kappa shape index (κ3) is 3.54. The first-order chi connectivity index (χ1) is 8.69. The maximum absolute atomic E-state index is 4.44. The van der Waals surface area contributed by atoms with Gasteiger partial charge in [-0.25, -0.2) is 9.99 Å². The second-order valence-corrected chi connectivity index (χ2v) is 5.18. The van der Waals surface area contributed by atoms with Crippen LogP contribution in [0.4, 0.5) is 11.8 Å². The van der Waals surface area contributed by atoms with Crippen molar-refractivity contribution in [3.63, 3.8) is 0 Å². The van der Waals surface area contributed by atoms with E-state index in [2.05, 4.69) is 53.6 Å². The molecule has 1 aliphatic rings. The van der Waals surface area contributed by atoms with Gasteiger partial charge in [-0.05, 0) is 29.9 Å². The molecule has 0 atom stereocenters. The number of hydrogen-bond acceptors (Lipinski definition) is 6. The van der Waals surface area contributed by atoms with Gasteiger partial charge < -0.3 is 15.6 Å². The first kappa shape index (κ1) is 13.5. The summed E-state index contributed by atoms with van der Waals surface area (Å²) < 4.78 is 0.878. The smallest absolute Gasteiger partial charge is 0.224 e. The Morgan fingerprint density at radius 2 is 2.06 bits per heavy atom. The van der Waals surface area contributed by atoms with Gasteiger partial charge in [-0.3, -0.25) is 0 Å². The van der Waals surface area contributed by atoms with Crippen LogP contribution in [0.1, 0.15) is 6.92 Å². The molecule has 100 valence electrons. The number of piperazine rings is 1. The molecule has 0 aromatic carbocycles.